The maximum Gasteiger partial charge on any atom is 0.223 e. The molecule has 0 amide bonds. The minimum atomic E-state index is 0.453. The molecule has 0 aliphatic carbocycles. The van der Waals surface area contributed by atoms with Crippen molar-refractivity contribution in [2.45, 2.75) is 26.2 Å². The Labute approximate surface area is 123 Å². The summed E-state index contributed by atoms with van der Waals surface area (Å²) in [6.45, 7) is 3.79. The summed E-state index contributed by atoms with van der Waals surface area (Å²) in [5.74, 6) is 1.93. The van der Waals surface area contributed by atoms with Crippen LogP contribution in [0.15, 0.2) is 22.9 Å². The molecule has 3 heterocycles. The highest BCUT2D eigenvalue weighted by Crippen LogP contribution is 2.24. The van der Waals surface area contributed by atoms with Crippen LogP contribution in [0.5, 0.6) is 0 Å². The van der Waals surface area contributed by atoms with Crippen molar-refractivity contribution in [2.75, 3.05) is 18.0 Å². The summed E-state index contributed by atoms with van der Waals surface area (Å²) < 4.78 is 5.03. The van der Waals surface area contributed by atoms with E-state index in [9.17, 15) is 0 Å². The monoisotopic (exact) mass is 283 g/mol. The number of piperidine rings is 1. The van der Waals surface area contributed by atoms with Crippen molar-refractivity contribution in [3.63, 3.8) is 0 Å². The Hall–Kier alpha value is -2.42. The van der Waals surface area contributed by atoms with Gasteiger partial charge in [-0.05, 0) is 30.9 Å². The Balaban J connectivity index is 1.66. The second-order valence-corrected chi connectivity index (χ2v) is 5.40. The van der Waals surface area contributed by atoms with Crippen LogP contribution < -0.4 is 4.90 Å². The molecule has 0 spiro atoms. The lowest BCUT2D eigenvalue weighted by atomic mass is 9.94. The molecule has 3 rings (SSSR count). The summed E-state index contributed by atoms with van der Waals surface area (Å²) in [6, 6.07) is 5.77. The standard InChI is InChI=1S/C15H17N5O/c1-11-18-15(19-21-11)7-12-3-2-6-20(10-12)14-5-4-13(8-16)17-9-14/h4-5,9,12H,2-3,6-7,10H2,1H3/t12-/m0/s1. The largest absolute Gasteiger partial charge is 0.370 e. The molecule has 1 aliphatic heterocycles. The van der Waals surface area contributed by atoms with Gasteiger partial charge in [-0.25, -0.2) is 4.98 Å². The van der Waals surface area contributed by atoms with Gasteiger partial charge in [-0.15, -0.1) is 0 Å². The van der Waals surface area contributed by atoms with Crippen molar-refractivity contribution in [1.29, 1.82) is 5.26 Å². The average Bonchev–Trinajstić information content (AvgIpc) is 2.93. The average molecular weight is 283 g/mol. The molecule has 1 saturated heterocycles. The van der Waals surface area contributed by atoms with Crippen LogP contribution in [0.2, 0.25) is 0 Å². The van der Waals surface area contributed by atoms with Crippen LogP contribution in [0.4, 0.5) is 5.69 Å². The zero-order valence-corrected chi connectivity index (χ0v) is 12.0. The lowest BCUT2D eigenvalue weighted by molar-refractivity contribution is 0.370. The van der Waals surface area contributed by atoms with Gasteiger partial charge in [0.1, 0.15) is 11.8 Å². The molecule has 0 saturated carbocycles. The number of aromatic nitrogens is 3. The lowest BCUT2D eigenvalue weighted by Crippen LogP contribution is -2.36. The van der Waals surface area contributed by atoms with Crippen LogP contribution in [0.3, 0.4) is 0 Å². The summed E-state index contributed by atoms with van der Waals surface area (Å²) in [4.78, 5) is 10.7. The van der Waals surface area contributed by atoms with Crippen molar-refractivity contribution in [3.8, 4) is 6.07 Å². The van der Waals surface area contributed by atoms with E-state index in [4.69, 9.17) is 9.78 Å². The van der Waals surface area contributed by atoms with E-state index in [0.29, 0.717) is 17.5 Å². The Morgan fingerprint density at radius 1 is 1.48 bits per heavy atom. The Bertz CT molecular complexity index is 643. The van der Waals surface area contributed by atoms with Crippen LogP contribution >= 0.6 is 0 Å². The maximum atomic E-state index is 8.80. The molecule has 0 N–H and O–H groups in total. The number of aryl methyl sites for hydroxylation is 1. The first-order chi connectivity index (χ1) is 10.2. The highest BCUT2D eigenvalue weighted by atomic mass is 16.5. The number of rotatable bonds is 3. The van der Waals surface area contributed by atoms with Crippen molar-refractivity contribution in [1.82, 2.24) is 15.1 Å². The van der Waals surface area contributed by atoms with Gasteiger partial charge in [0.15, 0.2) is 5.82 Å². The van der Waals surface area contributed by atoms with E-state index in [1.807, 2.05) is 19.1 Å². The summed E-state index contributed by atoms with van der Waals surface area (Å²) in [5, 5.41) is 12.8. The molecule has 108 valence electrons. The first-order valence-corrected chi connectivity index (χ1v) is 7.15. The highest BCUT2D eigenvalue weighted by molar-refractivity contribution is 5.46. The van der Waals surface area contributed by atoms with Gasteiger partial charge in [-0.2, -0.15) is 10.2 Å². The van der Waals surface area contributed by atoms with Crippen LogP contribution in [0.25, 0.3) is 0 Å². The topological polar surface area (TPSA) is 78.8 Å². The van der Waals surface area contributed by atoms with Gasteiger partial charge in [0.2, 0.25) is 5.89 Å². The fraction of sp³-hybridized carbons (Fsp3) is 0.467. The van der Waals surface area contributed by atoms with E-state index in [0.717, 1.165) is 37.4 Å². The summed E-state index contributed by atoms with van der Waals surface area (Å²) in [6.07, 6.45) is 4.94. The van der Waals surface area contributed by atoms with Gasteiger partial charge in [-0.1, -0.05) is 5.16 Å². The van der Waals surface area contributed by atoms with E-state index >= 15 is 0 Å². The Morgan fingerprint density at radius 3 is 3.05 bits per heavy atom. The summed E-state index contributed by atoms with van der Waals surface area (Å²) in [5.41, 5.74) is 1.53. The zero-order chi connectivity index (χ0) is 14.7. The second-order valence-electron chi connectivity index (χ2n) is 5.40. The molecule has 2 aromatic rings. The van der Waals surface area contributed by atoms with Crippen LogP contribution in [-0.4, -0.2) is 28.2 Å². The first-order valence-electron chi connectivity index (χ1n) is 7.15. The van der Waals surface area contributed by atoms with Crippen molar-refractivity contribution >= 4 is 5.69 Å². The summed E-state index contributed by atoms with van der Waals surface area (Å²) in [7, 11) is 0. The number of nitriles is 1. The number of pyridine rings is 1. The van der Waals surface area contributed by atoms with Gasteiger partial charge in [0.25, 0.3) is 0 Å². The molecule has 6 heteroatoms. The number of nitrogens with zero attached hydrogens (tertiary/aromatic N) is 5. The lowest BCUT2D eigenvalue weighted by Gasteiger charge is -2.33. The molecular formula is C15H17N5O. The molecule has 21 heavy (non-hydrogen) atoms. The van der Waals surface area contributed by atoms with Crippen LogP contribution in [0.1, 0.15) is 30.3 Å². The molecule has 0 aromatic carbocycles. The molecule has 2 aromatic heterocycles. The van der Waals surface area contributed by atoms with Crippen LogP contribution in [-0.2, 0) is 6.42 Å². The molecule has 0 radical (unpaired) electrons. The third-order valence-corrected chi connectivity index (χ3v) is 3.79. The summed E-state index contributed by atoms with van der Waals surface area (Å²) >= 11 is 0. The molecule has 0 bridgehead atoms. The minimum Gasteiger partial charge on any atom is -0.370 e. The fourth-order valence-corrected chi connectivity index (χ4v) is 2.79. The van der Waals surface area contributed by atoms with E-state index in [2.05, 4.69) is 20.0 Å². The van der Waals surface area contributed by atoms with Crippen molar-refractivity contribution in [2.24, 2.45) is 5.92 Å². The van der Waals surface area contributed by atoms with E-state index in [-0.39, 0.29) is 0 Å². The maximum absolute atomic E-state index is 8.80. The fourth-order valence-electron chi connectivity index (χ4n) is 2.79. The van der Waals surface area contributed by atoms with Crippen molar-refractivity contribution < 1.29 is 4.52 Å². The predicted octanol–water partition coefficient (Wildman–Crippen LogP) is 2.10. The molecular weight excluding hydrogens is 266 g/mol. The normalized spacial score (nSPS) is 18.5. The van der Waals surface area contributed by atoms with E-state index in [1.54, 1.807) is 12.3 Å². The van der Waals surface area contributed by atoms with Crippen molar-refractivity contribution in [3.05, 3.63) is 35.7 Å². The van der Waals surface area contributed by atoms with Gasteiger partial charge in [-0.3, -0.25) is 0 Å². The van der Waals surface area contributed by atoms with Crippen LogP contribution in [0, 0.1) is 24.2 Å². The number of anilines is 1. The third-order valence-electron chi connectivity index (χ3n) is 3.79. The predicted molar refractivity (Wildman–Crippen MR) is 76.6 cm³/mol. The van der Waals surface area contributed by atoms with Gasteiger partial charge >= 0.3 is 0 Å². The SMILES string of the molecule is Cc1nc(C[C@@H]2CCCN(c3ccc(C#N)nc3)C2)no1. The zero-order valence-electron chi connectivity index (χ0n) is 12.0. The van der Waals surface area contributed by atoms with E-state index < -0.39 is 0 Å². The van der Waals surface area contributed by atoms with Gasteiger partial charge < -0.3 is 9.42 Å². The second kappa shape index (κ2) is 5.92. The van der Waals surface area contributed by atoms with Gasteiger partial charge in [0, 0.05) is 26.4 Å². The Kier molecular flexibility index (Phi) is 3.82. The number of hydrogen-bond donors (Lipinski definition) is 0. The van der Waals surface area contributed by atoms with E-state index in [1.165, 1.54) is 6.42 Å². The first kappa shape index (κ1) is 13.6. The third kappa shape index (κ3) is 3.19. The molecule has 1 aliphatic rings. The number of hydrogen-bond acceptors (Lipinski definition) is 6. The molecule has 0 unspecified atom stereocenters. The quantitative estimate of drug-likeness (QED) is 0.858. The smallest absolute Gasteiger partial charge is 0.223 e. The molecule has 1 atom stereocenters. The molecule has 6 nitrogen and oxygen atoms in total. The van der Waals surface area contributed by atoms with Gasteiger partial charge in [0.05, 0.1) is 11.9 Å². The highest BCUT2D eigenvalue weighted by Gasteiger charge is 2.22. The minimum absolute atomic E-state index is 0.453. The molecule has 1 fully saturated rings. The Morgan fingerprint density at radius 2 is 2.38 bits per heavy atom.